The fourth-order valence-corrected chi connectivity index (χ4v) is 3.96. The van der Waals surface area contributed by atoms with Crippen molar-refractivity contribution in [1.82, 2.24) is 20.1 Å². The fraction of sp³-hybridized carbons (Fsp3) is 0.375. The van der Waals surface area contributed by atoms with E-state index in [1.54, 1.807) is 0 Å². The van der Waals surface area contributed by atoms with Crippen LogP contribution in [0.15, 0.2) is 59.8 Å². The molecule has 0 saturated carbocycles. The van der Waals surface area contributed by atoms with Gasteiger partial charge in [-0.15, -0.1) is 10.2 Å². The highest BCUT2D eigenvalue weighted by Crippen LogP contribution is 2.28. The summed E-state index contributed by atoms with van der Waals surface area (Å²) in [4.78, 5) is 12.6. The highest BCUT2D eigenvalue weighted by molar-refractivity contribution is 8.00. The maximum Gasteiger partial charge on any atom is 0.233 e. The number of rotatable bonds is 8. The van der Waals surface area contributed by atoms with E-state index in [0.717, 1.165) is 22.8 Å². The molecule has 2 aromatic carbocycles. The third-order valence-corrected chi connectivity index (χ3v) is 5.50. The number of thioether (sulfide) groups is 1. The van der Waals surface area contributed by atoms with E-state index in [1.807, 2.05) is 81.7 Å². The summed E-state index contributed by atoms with van der Waals surface area (Å²) in [6, 6.07) is 18.0. The molecule has 164 valence electrons. The number of carbonyl (C=O) groups excluding carboxylic acids is 1. The number of ether oxygens (including phenoxy) is 1. The molecule has 0 aliphatic carbocycles. The molecule has 0 saturated heterocycles. The lowest BCUT2D eigenvalue weighted by atomic mass is 10.1. The molecule has 1 atom stereocenters. The quantitative estimate of drug-likeness (QED) is 0.519. The smallest absolute Gasteiger partial charge is 0.233 e. The second-order valence-corrected chi connectivity index (χ2v) is 9.63. The summed E-state index contributed by atoms with van der Waals surface area (Å²) in [5.41, 5.74) is 1.80. The molecule has 0 fully saturated rings. The average molecular weight is 439 g/mol. The maximum atomic E-state index is 12.6. The first-order valence-corrected chi connectivity index (χ1v) is 11.3. The summed E-state index contributed by atoms with van der Waals surface area (Å²) in [6.45, 7) is 10.4. The van der Waals surface area contributed by atoms with Crippen LogP contribution in [-0.2, 0) is 11.2 Å². The predicted octanol–water partition coefficient (Wildman–Crippen LogP) is 4.65. The highest BCUT2D eigenvalue weighted by atomic mass is 32.2. The zero-order valence-corrected chi connectivity index (χ0v) is 19.6. The van der Waals surface area contributed by atoms with Crippen molar-refractivity contribution in [2.24, 2.45) is 0 Å². The van der Waals surface area contributed by atoms with E-state index in [4.69, 9.17) is 4.74 Å². The number of carbonyl (C=O) groups is 1. The first-order chi connectivity index (χ1) is 14.8. The predicted molar refractivity (Wildman–Crippen MR) is 125 cm³/mol. The van der Waals surface area contributed by atoms with Crippen LogP contribution in [0.1, 0.15) is 46.0 Å². The van der Waals surface area contributed by atoms with E-state index >= 15 is 0 Å². The molecule has 3 aromatic rings. The molecule has 0 aliphatic heterocycles. The van der Waals surface area contributed by atoms with Crippen LogP contribution >= 0.6 is 11.8 Å². The second-order valence-electron chi connectivity index (χ2n) is 8.32. The number of amides is 1. The molecule has 0 bridgehead atoms. The Hall–Kier alpha value is -2.80. The molecule has 1 N–H and O–H groups in total. The zero-order chi connectivity index (χ0) is 22.4. The minimum absolute atomic E-state index is 0.0247. The van der Waals surface area contributed by atoms with Crippen molar-refractivity contribution < 1.29 is 9.53 Å². The zero-order valence-electron chi connectivity index (χ0n) is 18.8. The van der Waals surface area contributed by atoms with Gasteiger partial charge in [-0.1, -0.05) is 42.1 Å². The molecular formula is C24H30N4O2S. The summed E-state index contributed by atoms with van der Waals surface area (Å²) in [7, 11) is 0. The lowest BCUT2D eigenvalue weighted by Gasteiger charge is -2.23. The van der Waals surface area contributed by atoms with E-state index in [9.17, 15) is 4.79 Å². The van der Waals surface area contributed by atoms with Crippen LogP contribution in [-0.4, -0.2) is 38.1 Å². The molecular weight excluding hydrogens is 408 g/mol. The van der Waals surface area contributed by atoms with Crippen LogP contribution in [0.25, 0.3) is 5.69 Å². The lowest BCUT2D eigenvalue weighted by Crippen LogP contribution is -2.44. The van der Waals surface area contributed by atoms with Crippen LogP contribution in [0.4, 0.5) is 0 Å². The van der Waals surface area contributed by atoms with Gasteiger partial charge in [0.2, 0.25) is 5.91 Å². The van der Waals surface area contributed by atoms with E-state index < -0.39 is 0 Å². The van der Waals surface area contributed by atoms with Gasteiger partial charge in [0.05, 0.1) is 11.9 Å². The van der Waals surface area contributed by atoms with Crippen LogP contribution < -0.4 is 10.1 Å². The van der Waals surface area contributed by atoms with E-state index in [0.29, 0.717) is 18.2 Å². The molecule has 1 unspecified atom stereocenters. The van der Waals surface area contributed by atoms with Gasteiger partial charge in [-0.05, 0) is 64.4 Å². The Labute approximate surface area is 188 Å². The Kier molecular flexibility index (Phi) is 7.38. The van der Waals surface area contributed by atoms with Gasteiger partial charge in [0, 0.05) is 17.6 Å². The SMILES string of the molecule is CCOc1ccc(-n2c(Cc3ccccc3)nnc2SC(C)C(=O)NC(C)(C)C)cc1. The number of benzene rings is 2. The Balaban J connectivity index is 1.92. The van der Waals surface area contributed by atoms with Crippen LogP contribution in [0.3, 0.4) is 0 Å². The van der Waals surface area contributed by atoms with Crippen molar-refractivity contribution in [3.63, 3.8) is 0 Å². The topological polar surface area (TPSA) is 69.0 Å². The van der Waals surface area contributed by atoms with Gasteiger partial charge < -0.3 is 10.1 Å². The van der Waals surface area contributed by atoms with Crippen molar-refractivity contribution in [1.29, 1.82) is 0 Å². The summed E-state index contributed by atoms with van der Waals surface area (Å²) < 4.78 is 7.60. The van der Waals surface area contributed by atoms with E-state index in [2.05, 4.69) is 27.6 Å². The molecule has 1 amide bonds. The Bertz CT molecular complexity index is 995. The van der Waals surface area contributed by atoms with Gasteiger partial charge in [0.25, 0.3) is 0 Å². The van der Waals surface area contributed by atoms with Crippen molar-refractivity contribution in [2.75, 3.05) is 6.61 Å². The van der Waals surface area contributed by atoms with Gasteiger partial charge in [0.1, 0.15) is 11.6 Å². The minimum atomic E-state index is -0.311. The second kappa shape index (κ2) is 10.0. The van der Waals surface area contributed by atoms with E-state index in [-0.39, 0.29) is 16.7 Å². The molecule has 0 aliphatic rings. The molecule has 1 aromatic heterocycles. The van der Waals surface area contributed by atoms with Gasteiger partial charge >= 0.3 is 0 Å². The number of nitrogens with one attached hydrogen (secondary N) is 1. The fourth-order valence-electron chi connectivity index (χ4n) is 3.07. The first-order valence-electron chi connectivity index (χ1n) is 10.5. The summed E-state index contributed by atoms with van der Waals surface area (Å²) in [6.07, 6.45) is 0.643. The minimum Gasteiger partial charge on any atom is -0.494 e. The maximum absolute atomic E-state index is 12.6. The monoisotopic (exact) mass is 438 g/mol. The van der Waals surface area contributed by atoms with Gasteiger partial charge in [-0.3, -0.25) is 9.36 Å². The van der Waals surface area contributed by atoms with Gasteiger partial charge in [-0.2, -0.15) is 0 Å². The van der Waals surface area contributed by atoms with Crippen molar-refractivity contribution in [3.05, 3.63) is 66.0 Å². The molecule has 1 heterocycles. The molecule has 0 radical (unpaired) electrons. The van der Waals surface area contributed by atoms with Crippen molar-refractivity contribution in [3.8, 4) is 11.4 Å². The third kappa shape index (κ3) is 6.34. The molecule has 0 spiro atoms. The van der Waals surface area contributed by atoms with Gasteiger partial charge in [0.15, 0.2) is 5.16 Å². The van der Waals surface area contributed by atoms with Crippen molar-refractivity contribution >= 4 is 17.7 Å². The van der Waals surface area contributed by atoms with Crippen LogP contribution in [0.5, 0.6) is 5.75 Å². The van der Waals surface area contributed by atoms with E-state index in [1.165, 1.54) is 11.8 Å². The molecule has 31 heavy (non-hydrogen) atoms. The molecule has 6 nitrogen and oxygen atoms in total. The third-order valence-electron chi connectivity index (χ3n) is 4.46. The van der Waals surface area contributed by atoms with Crippen LogP contribution in [0.2, 0.25) is 0 Å². The number of nitrogens with zero attached hydrogens (tertiary/aromatic N) is 3. The Morgan fingerprint density at radius 3 is 2.39 bits per heavy atom. The van der Waals surface area contributed by atoms with Crippen LogP contribution in [0, 0.1) is 0 Å². The number of aromatic nitrogens is 3. The summed E-state index contributed by atoms with van der Waals surface area (Å²) in [5.74, 6) is 1.61. The highest BCUT2D eigenvalue weighted by Gasteiger charge is 2.24. The number of hydrogen-bond donors (Lipinski definition) is 1. The molecule has 7 heteroatoms. The Morgan fingerprint density at radius 2 is 1.77 bits per heavy atom. The standard InChI is InChI=1S/C24H30N4O2S/c1-6-30-20-14-12-19(13-15-20)28-21(16-18-10-8-7-9-11-18)26-27-23(28)31-17(2)22(29)25-24(3,4)5/h7-15,17H,6,16H2,1-5H3,(H,25,29). The summed E-state index contributed by atoms with van der Waals surface area (Å²) in [5, 5.41) is 12.3. The average Bonchev–Trinajstić information content (AvgIpc) is 3.10. The normalized spacial score (nSPS) is 12.4. The lowest BCUT2D eigenvalue weighted by molar-refractivity contribution is -0.121. The summed E-state index contributed by atoms with van der Waals surface area (Å²) >= 11 is 1.41. The first kappa shape index (κ1) is 22.9. The van der Waals surface area contributed by atoms with Gasteiger partial charge in [-0.25, -0.2) is 0 Å². The largest absolute Gasteiger partial charge is 0.494 e. The molecule has 3 rings (SSSR count). The Morgan fingerprint density at radius 1 is 1.10 bits per heavy atom. The number of hydrogen-bond acceptors (Lipinski definition) is 5. The van der Waals surface area contributed by atoms with Crippen molar-refractivity contribution in [2.45, 2.75) is 57.0 Å².